The number of hydrogen-bond donors (Lipinski definition) is 0. The third-order valence-electron chi connectivity index (χ3n) is 11.2. The molecule has 9 aromatic rings. The van der Waals surface area contributed by atoms with Crippen LogP contribution in [-0.4, -0.2) is 0 Å². The van der Waals surface area contributed by atoms with Gasteiger partial charge >= 0.3 is 0 Å². The minimum atomic E-state index is -0.113. The van der Waals surface area contributed by atoms with E-state index in [0.29, 0.717) is 0 Å². The van der Waals surface area contributed by atoms with E-state index in [1.807, 2.05) is 12.1 Å². The lowest BCUT2D eigenvalue weighted by atomic mass is 9.79. The number of benzene rings is 7. The molecule has 0 amide bonds. The molecule has 0 radical (unpaired) electrons. The summed E-state index contributed by atoms with van der Waals surface area (Å²) < 4.78 is 13.2. The van der Waals surface area contributed by atoms with Gasteiger partial charge in [-0.05, 0) is 92.9 Å². The molecular weight excluding hydrogens is 635 g/mol. The summed E-state index contributed by atoms with van der Waals surface area (Å²) in [4.78, 5) is 2.34. The predicted octanol–water partition coefficient (Wildman–Crippen LogP) is 14.2. The maximum Gasteiger partial charge on any atom is 0.159 e. The molecule has 0 unspecified atom stereocenters. The van der Waals surface area contributed by atoms with E-state index in [9.17, 15) is 0 Å². The number of fused-ring (bicyclic) bond motifs is 9. The van der Waals surface area contributed by atoms with Crippen molar-refractivity contribution >= 4 is 60.9 Å². The number of anilines is 3. The molecule has 0 spiro atoms. The van der Waals surface area contributed by atoms with E-state index in [0.717, 1.165) is 60.9 Å². The van der Waals surface area contributed by atoms with Crippen molar-refractivity contribution in [3.05, 3.63) is 162 Å². The van der Waals surface area contributed by atoms with Gasteiger partial charge in [-0.25, -0.2) is 0 Å². The average molecular weight is 674 g/mol. The highest BCUT2D eigenvalue weighted by molar-refractivity contribution is 6.12. The summed E-state index contributed by atoms with van der Waals surface area (Å²) in [5.41, 5.74) is 15.5. The second-order valence-electron chi connectivity index (χ2n) is 15.8. The van der Waals surface area contributed by atoms with Crippen LogP contribution in [0.2, 0.25) is 0 Å². The fraction of sp³-hybridized carbons (Fsp3) is 0.143. The molecule has 3 nitrogen and oxygen atoms in total. The molecule has 7 aromatic carbocycles. The molecule has 0 aliphatic heterocycles. The van der Waals surface area contributed by atoms with Crippen LogP contribution in [0.3, 0.4) is 0 Å². The van der Waals surface area contributed by atoms with E-state index in [4.69, 9.17) is 8.83 Å². The quantitative estimate of drug-likeness (QED) is 0.186. The van der Waals surface area contributed by atoms with Gasteiger partial charge in [0, 0.05) is 38.7 Å². The van der Waals surface area contributed by atoms with Gasteiger partial charge < -0.3 is 13.7 Å². The molecule has 252 valence electrons. The molecule has 0 atom stereocenters. The van der Waals surface area contributed by atoms with Gasteiger partial charge in [-0.3, -0.25) is 0 Å². The van der Waals surface area contributed by atoms with Gasteiger partial charge in [0.15, 0.2) is 5.58 Å². The Morgan fingerprint density at radius 1 is 0.481 bits per heavy atom. The standard InChI is InChI=1S/C49H39NO2/c1-48(2,3)32-19-22-35-39-28-33(21-24-41(39)49(4,5)42(35)27-32)50(34-20-23-37-36-14-9-10-17-44(36)51-46(37)29-34)43-16-11-15-38-40-26-31(30-12-7-6-8-13-30)18-25-45(40)52-47(38)43/h6-29H,1-5H3. The maximum atomic E-state index is 6.80. The lowest BCUT2D eigenvalue weighted by Gasteiger charge is -2.27. The van der Waals surface area contributed by atoms with Crippen LogP contribution in [0.5, 0.6) is 0 Å². The van der Waals surface area contributed by atoms with E-state index in [1.165, 1.54) is 38.9 Å². The molecule has 0 saturated heterocycles. The fourth-order valence-electron chi connectivity index (χ4n) is 8.40. The summed E-state index contributed by atoms with van der Waals surface area (Å²) in [6, 6.07) is 52.4. The minimum absolute atomic E-state index is 0.0737. The van der Waals surface area contributed by atoms with Gasteiger partial charge in [0.2, 0.25) is 0 Å². The van der Waals surface area contributed by atoms with Crippen LogP contribution in [0.15, 0.2) is 154 Å². The number of furan rings is 2. The van der Waals surface area contributed by atoms with Crippen molar-refractivity contribution in [2.75, 3.05) is 4.90 Å². The summed E-state index contributed by atoms with van der Waals surface area (Å²) in [6.07, 6.45) is 0. The predicted molar refractivity (Wildman–Crippen MR) is 217 cm³/mol. The molecule has 1 aliphatic carbocycles. The van der Waals surface area contributed by atoms with E-state index >= 15 is 0 Å². The van der Waals surface area contributed by atoms with Gasteiger partial charge in [-0.15, -0.1) is 0 Å². The van der Waals surface area contributed by atoms with Crippen LogP contribution >= 0.6 is 0 Å². The largest absolute Gasteiger partial charge is 0.456 e. The Hall–Kier alpha value is -6.06. The van der Waals surface area contributed by atoms with Crippen molar-refractivity contribution in [1.29, 1.82) is 0 Å². The summed E-state index contributed by atoms with van der Waals surface area (Å²) in [7, 11) is 0. The molecule has 52 heavy (non-hydrogen) atoms. The van der Waals surface area contributed by atoms with Crippen LogP contribution < -0.4 is 4.90 Å². The SMILES string of the molecule is CC(C)(C)c1ccc2c(c1)C(C)(C)c1ccc(N(c3ccc4c(c3)oc3ccccc34)c3cccc4c3oc3ccc(-c5ccccc5)cc34)cc1-2. The molecule has 0 saturated carbocycles. The summed E-state index contributed by atoms with van der Waals surface area (Å²) in [5.74, 6) is 0. The first kappa shape index (κ1) is 30.7. The van der Waals surface area contributed by atoms with Crippen LogP contribution in [-0.2, 0) is 10.8 Å². The number of nitrogens with zero attached hydrogens (tertiary/aromatic N) is 1. The zero-order valence-electron chi connectivity index (χ0n) is 30.1. The highest BCUT2D eigenvalue weighted by atomic mass is 16.3. The first-order valence-electron chi connectivity index (χ1n) is 18.2. The Labute approximate surface area is 303 Å². The first-order valence-corrected chi connectivity index (χ1v) is 18.2. The first-order chi connectivity index (χ1) is 25.1. The van der Waals surface area contributed by atoms with Crippen LogP contribution in [0.25, 0.3) is 66.1 Å². The lowest BCUT2D eigenvalue weighted by molar-refractivity contribution is 0.584. The van der Waals surface area contributed by atoms with E-state index < -0.39 is 0 Å². The number of hydrogen-bond acceptors (Lipinski definition) is 3. The maximum absolute atomic E-state index is 6.80. The van der Waals surface area contributed by atoms with Crippen molar-refractivity contribution in [1.82, 2.24) is 0 Å². The van der Waals surface area contributed by atoms with Crippen molar-refractivity contribution in [2.24, 2.45) is 0 Å². The molecule has 0 fully saturated rings. The van der Waals surface area contributed by atoms with Crippen molar-refractivity contribution in [2.45, 2.75) is 45.4 Å². The molecule has 3 heteroatoms. The summed E-state index contributed by atoms with van der Waals surface area (Å²) in [6.45, 7) is 11.6. The Morgan fingerprint density at radius 3 is 2.06 bits per heavy atom. The monoisotopic (exact) mass is 673 g/mol. The number of para-hydroxylation sites is 2. The Bertz CT molecular complexity index is 2860. The zero-order valence-corrected chi connectivity index (χ0v) is 30.1. The van der Waals surface area contributed by atoms with Crippen LogP contribution in [0.4, 0.5) is 17.1 Å². The van der Waals surface area contributed by atoms with Gasteiger partial charge in [0.1, 0.15) is 16.7 Å². The third kappa shape index (κ3) is 4.58. The Kier molecular flexibility index (Phi) is 6.48. The van der Waals surface area contributed by atoms with Crippen LogP contribution in [0.1, 0.15) is 51.3 Å². The summed E-state index contributed by atoms with van der Waals surface area (Å²) >= 11 is 0. The lowest BCUT2D eigenvalue weighted by Crippen LogP contribution is -2.17. The van der Waals surface area contributed by atoms with Gasteiger partial charge in [0.05, 0.1) is 11.4 Å². The van der Waals surface area contributed by atoms with Gasteiger partial charge in [0.25, 0.3) is 0 Å². The molecule has 2 heterocycles. The topological polar surface area (TPSA) is 29.5 Å². The second kappa shape index (κ2) is 11.0. The highest BCUT2D eigenvalue weighted by Crippen LogP contribution is 2.52. The third-order valence-corrected chi connectivity index (χ3v) is 11.2. The van der Waals surface area contributed by atoms with Crippen LogP contribution in [0, 0.1) is 0 Å². The fourth-order valence-corrected chi connectivity index (χ4v) is 8.40. The van der Waals surface area contributed by atoms with E-state index in [-0.39, 0.29) is 10.8 Å². The smallest absolute Gasteiger partial charge is 0.159 e. The summed E-state index contributed by atoms with van der Waals surface area (Å²) in [5, 5.41) is 4.41. The van der Waals surface area contributed by atoms with Crippen molar-refractivity contribution < 1.29 is 8.83 Å². The molecule has 10 rings (SSSR count). The molecule has 0 bridgehead atoms. The average Bonchev–Trinajstić information content (AvgIpc) is 3.79. The molecular formula is C49H39NO2. The molecule has 2 aromatic heterocycles. The van der Waals surface area contributed by atoms with Crippen molar-refractivity contribution in [3.63, 3.8) is 0 Å². The Morgan fingerprint density at radius 2 is 1.21 bits per heavy atom. The van der Waals surface area contributed by atoms with Crippen molar-refractivity contribution in [3.8, 4) is 22.3 Å². The number of rotatable bonds is 4. The van der Waals surface area contributed by atoms with Gasteiger partial charge in [-0.2, -0.15) is 0 Å². The Balaban J connectivity index is 1.20. The zero-order chi connectivity index (χ0) is 35.4. The van der Waals surface area contributed by atoms with E-state index in [2.05, 4.69) is 173 Å². The molecule has 1 aliphatic rings. The second-order valence-corrected chi connectivity index (χ2v) is 15.8. The molecule has 0 N–H and O–H groups in total. The van der Waals surface area contributed by atoms with E-state index in [1.54, 1.807) is 0 Å². The highest BCUT2D eigenvalue weighted by Gasteiger charge is 2.37. The normalized spacial score (nSPS) is 13.6. The van der Waals surface area contributed by atoms with Gasteiger partial charge in [-0.1, -0.05) is 126 Å². The minimum Gasteiger partial charge on any atom is -0.456 e.